The lowest BCUT2D eigenvalue weighted by Gasteiger charge is -2.03. The molecule has 7 heteroatoms. The van der Waals surface area contributed by atoms with Crippen molar-refractivity contribution in [1.82, 2.24) is 0 Å². The third-order valence-electron chi connectivity index (χ3n) is 2.15. The van der Waals surface area contributed by atoms with Crippen molar-refractivity contribution in [3.63, 3.8) is 0 Å². The van der Waals surface area contributed by atoms with Crippen LogP contribution in [0.5, 0.6) is 0 Å². The van der Waals surface area contributed by atoms with Gasteiger partial charge in [-0.2, -0.15) is 0 Å². The highest BCUT2D eigenvalue weighted by molar-refractivity contribution is 9.10. The molecule has 0 atom stereocenters. The van der Waals surface area contributed by atoms with Gasteiger partial charge in [-0.3, -0.25) is 14.9 Å². The van der Waals surface area contributed by atoms with E-state index in [1.165, 1.54) is 24.5 Å². The van der Waals surface area contributed by atoms with Crippen molar-refractivity contribution in [2.24, 2.45) is 0 Å². The topological polar surface area (TPSA) is 85.4 Å². The lowest BCUT2D eigenvalue weighted by atomic mass is 10.2. The Hall–Kier alpha value is -2.15. The van der Waals surface area contributed by atoms with Crippen LogP contribution in [0, 0.1) is 10.1 Å². The van der Waals surface area contributed by atoms with E-state index in [9.17, 15) is 14.9 Å². The molecular weight excluding hydrogens is 304 g/mol. The summed E-state index contributed by atoms with van der Waals surface area (Å²) in [5.41, 5.74) is 0.207. The molecule has 0 saturated heterocycles. The number of carbonyl (C=O) groups excluding carboxylic acids is 1. The number of benzene rings is 1. The number of hydrogen-bond acceptors (Lipinski definition) is 4. The summed E-state index contributed by atoms with van der Waals surface area (Å²) in [7, 11) is 0. The standard InChI is InChI=1S/C11H7BrN2O4/c12-8-4-3-7(6-9(8)14(16)17)13-11(15)10-2-1-5-18-10/h1-6H,(H,13,15). The molecule has 1 aromatic heterocycles. The zero-order chi connectivity index (χ0) is 13.1. The van der Waals surface area contributed by atoms with Crippen LogP contribution in [0.25, 0.3) is 0 Å². The maximum atomic E-state index is 11.7. The van der Waals surface area contributed by atoms with Gasteiger partial charge in [0, 0.05) is 11.8 Å². The fraction of sp³-hybridized carbons (Fsp3) is 0. The molecule has 0 aliphatic rings. The Morgan fingerprint density at radius 3 is 2.78 bits per heavy atom. The SMILES string of the molecule is O=C(Nc1ccc(Br)c([N+](=O)[O-])c1)c1ccco1. The molecule has 1 heterocycles. The van der Waals surface area contributed by atoms with E-state index in [2.05, 4.69) is 21.2 Å². The third kappa shape index (κ3) is 2.57. The highest BCUT2D eigenvalue weighted by atomic mass is 79.9. The van der Waals surface area contributed by atoms with Gasteiger partial charge in [0.25, 0.3) is 11.6 Å². The summed E-state index contributed by atoms with van der Waals surface area (Å²) < 4.78 is 5.26. The van der Waals surface area contributed by atoms with Crippen molar-refractivity contribution in [3.8, 4) is 0 Å². The number of nitrogens with one attached hydrogen (secondary N) is 1. The van der Waals surface area contributed by atoms with E-state index in [0.717, 1.165) is 0 Å². The van der Waals surface area contributed by atoms with Crippen LogP contribution in [0.1, 0.15) is 10.6 Å². The van der Waals surface area contributed by atoms with E-state index in [1.54, 1.807) is 12.1 Å². The number of nitro groups is 1. The van der Waals surface area contributed by atoms with Crippen molar-refractivity contribution < 1.29 is 14.1 Å². The van der Waals surface area contributed by atoms with Crippen molar-refractivity contribution in [1.29, 1.82) is 0 Å². The molecule has 92 valence electrons. The molecule has 0 saturated carbocycles. The monoisotopic (exact) mass is 310 g/mol. The number of carbonyl (C=O) groups is 1. The first-order valence-corrected chi connectivity index (χ1v) is 5.66. The zero-order valence-corrected chi connectivity index (χ0v) is 10.5. The number of furan rings is 1. The minimum atomic E-state index is -0.535. The molecular formula is C11H7BrN2O4. The number of amides is 1. The van der Waals surface area contributed by atoms with E-state index in [0.29, 0.717) is 10.2 Å². The second-order valence-corrected chi connectivity index (χ2v) is 4.21. The van der Waals surface area contributed by atoms with Crippen LogP contribution in [0.4, 0.5) is 11.4 Å². The van der Waals surface area contributed by atoms with Crippen molar-refractivity contribution in [2.75, 3.05) is 5.32 Å². The predicted octanol–water partition coefficient (Wildman–Crippen LogP) is 3.20. The van der Waals surface area contributed by atoms with E-state index >= 15 is 0 Å². The summed E-state index contributed by atoms with van der Waals surface area (Å²) >= 11 is 3.06. The van der Waals surface area contributed by atoms with Crippen LogP contribution < -0.4 is 5.32 Å². The molecule has 0 unspecified atom stereocenters. The molecule has 1 aromatic carbocycles. The Morgan fingerprint density at radius 2 is 2.17 bits per heavy atom. The lowest BCUT2D eigenvalue weighted by Crippen LogP contribution is -2.10. The van der Waals surface area contributed by atoms with Crippen LogP contribution in [0.2, 0.25) is 0 Å². The second kappa shape index (κ2) is 5.01. The minimum Gasteiger partial charge on any atom is -0.459 e. The van der Waals surface area contributed by atoms with E-state index in [-0.39, 0.29) is 11.4 Å². The molecule has 2 rings (SSSR count). The normalized spacial score (nSPS) is 10.1. The maximum Gasteiger partial charge on any atom is 0.291 e. The first-order valence-electron chi connectivity index (χ1n) is 4.87. The van der Waals surface area contributed by atoms with Gasteiger partial charge in [0.2, 0.25) is 0 Å². The first-order chi connectivity index (χ1) is 8.58. The fourth-order valence-corrected chi connectivity index (χ4v) is 1.72. The van der Waals surface area contributed by atoms with Gasteiger partial charge in [-0.1, -0.05) is 0 Å². The largest absolute Gasteiger partial charge is 0.459 e. The molecule has 0 fully saturated rings. The maximum absolute atomic E-state index is 11.7. The summed E-state index contributed by atoms with van der Waals surface area (Å²) in [5, 5.41) is 13.2. The molecule has 2 aromatic rings. The summed E-state index contributed by atoms with van der Waals surface area (Å²) in [5.74, 6) is -0.322. The Morgan fingerprint density at radius 1 is 1.39 bits per heavy atom. The minimum absolute atomic E-state index is 0.118. The van der Waals surface area contributed by atoms with Crippen molar-refractivity contribution >= 4 is 33.2 Å². The third-order valence-corrected chi connectivity index (χ3v) is 2.82. The fourth-order valence-electron chi connectivity index (χ4n) is 1.33. The molecule has 0 bridgehead atoms. The quantitative estimate of drug-likeness (QED) is 0.696. The van der Waals surface area contributed by atoms with E-state index < -0.39 is 10.8 Å². The molecule has 6 nitrogen and oxygen atoms in total. The molecule has 1 N–H and O–H groups in total. The number of anilines is 1. The number of hydrogen-bond donors (Lipinski definition) is 1. The van der Waals surface area contributed by atoms with Crippen LogP contribution >= 0.6 is 15.9 Å². The average molecular weight is 311 g/mol. The number of rotatable bonds is 3. The number of nitrogens with zero attached hydrogens (tertiary/aromatic N) is 1. The van der Waals surface area contributed by atoms with Gasteiger partial charge in [-0.15, -0.1) is 0 Å². The second-order valence-electron chi connectivity index (χ2n) is 3.35. The molecule has 18 heavy (non-hydrogen) atoms. The van der Waals surface area contributed by atoms with Crippen LogP contribution in [0.15, 0.2) is 45.5 Å². The molecule has 0 radical (unpaired) electrons. The molecule has 0 spiro atoms. The van der Waals surface area contributed by atoms with Gasteiger partial charge in [-0.25, -0.2) is 0 Å². The Balaban J connectivity index is 2.22. The van der Waals surface area contributed by atoms with Gasteiger partial charge in [-0.05, 0) is 40.2 Å². The summed E-state index contributed by atoms with van der Waals surface area (Å²) in [4.78, 5) is 21.9. The van der Waals surface area contributed by atoms with E-state index in [1.807, 2.05) is 0 Å². The molecule has 1 amide bonds. The van der Waals surface area contributed by atoms with Gasteiger partial charge in [0.1, 0.15) is 0 Å². The average Bonchev–Trinajstić information content (AvgIpc) is 2.85. The predicted molar refractivity (Wildman–Crippen MR) is 67.5 cm³/mol. The Kier molecular flexibility index (Phi) is 3.42. The summed E-state index contributed by atoms with van der Waals surface area (Å²) in [6.45, 7) is 0. The van der Waals surface area contributed by atoms with Gasteiger partial charge >= 0.3 is 0 Å². The zero-order valence-electron chi connectivity index (χ0n) is 8.92. The lowest BCUT2D eigenvalue weighted by molar-refractivity contribution is -0.385. The summed E-state index contributed by atoms with van der Waals surface area (Å²) in [6, 6.07) is 7.40. The highest BCUT2D eigenvalue weighted by Crippen LogP contribution is 2.27. The van der Waals surface area contributed by atoms with Crippen LogP contribution in [-0.2, 0) is 0 Å². The van der Waals surface area contributed by atoms with Crippen LogP contribution in [0.3, 0.4) is 0 Å². The smallest absolute Gasteiger partial charge is 0.291 e. The number of halogens is 1. The molecule has 0 aliphatic heterocycles. The highest BCUT2D eigenvalue weighted by Gasteiger charge is 2.14. The Bertz CT molecular complexity index is 595. The van der Waals surface area contributed by atoms with Crippen LogP contribution in [-0.4, -0.2) is 10.8 Å². The van der Waals surface area contributed by atoms with Gasteiger partial charge in [0.05, 0.1) is 15.7 Å². The van der Waals surface area contributed by atoms with Crippen molar-refractivity contribution in [2.45, 2.75) is 0 Å². The van der Waals surface area contributed by atoms with Crippen molar-refractivity contribution in [3.05, 3.63) is 56.9 Å². The molecule has 0 aliphatic carbocycles. The first kappa shape index (κ1) is 12.3. The van der Waals surface area contributed by atoms with Gasteiger partial charge < -0.3 is 9.73 Å². The number of nitro benzene ring substituents is 1. The van der Waals surface area contributed by atoms with Gasteiger partial charge in [0.15, 0.2) is 5.76 Å². The summed E-state index contributed by atoms with van der Waals surface area (Å²) in [6.07, 6.45) is 1.37. The Labute approximate surface area is 110 Å². The van der Waals surface area contributed by atoms with E-state index in [4.69, 9.17) is 4.42 Å².